The number of carbonyl (C=O) groups excluding carboxylic acids is 1. The summed E-state index contributed by atoms with van der Waals surface area (Å²) in [6, 6.07) is 0. The maximum atomic E-state index is 10.8. The molecule has 11 heavy (non-hydrogen) atoms. The number of aliphatic hydroxyl groups is 1. The Morgan fingerprint density at radius 1 is 1.64 bits per heavy atom. The van der Waals surface area contributed by atoms with Gasteiger partial charge >= 0.3 is 5.97 Å². The normalized spacial score (nSPS) is 32.2. The zero-order chi connectivity index (χ0) is 8.43. The zero-order valence-corrected chi connectivity index (χ0v) is 6.91. The van der Waals surface area contributed by atoms with Crippen molar-refractivity contribution in [1.82, 2.24) is 0 Å². The van der Waals surface area contributed by atoms with Crippen LogP contribution in [0.5, 0.6) is 0 Å². The second kappa shape index (κ2) is 3.22. The van der Waals surface area contributed by atoms with E-state index < -0.39 is 6.10 Å². The van der Waals surface area contributed by atoms with E-state index in [4.69, 9.17) is 4.74 Å². The van der Waals surface area contributed by atoms with E-state index in [1.54, 1.807) is 0 Å². The van der Waals surface area contributed by atoms with Crippen LogP contribution in [0, 0.1) is 5.92 Å². The lowest BCUT2D eigenvalue weighted by Gasteiger charge is -2.28. The molecule has 2 atom stereocenters. The first-order chi connectivity index (χ1) is 5.09. The summed E-state index contributed by atoms with van der Waals surface area (Å²) in [5, 5.41) is 9.20. The van der Waals surface area contributed by atoms with Gasteiger partial charge in [0.15, 0.2) is 0 Å². The third kappa shape index (κ3) is 2.19. The van der Waals surface area contributed by atoms with E-state index in [1.807, 2.05) is 13.8 Å². The lowest BCUT2D eigenvalue weighted by atomic mass is 9.97. The van der Waals surface area contributed by atoms with Crippen molar-refractivity contribution in [2.24, 2.45) is 5.92 Å². The molecule has 1 heterocycles. The molecule has 0 amide bonds. The minimum Gasteiger partial charge on any atom is -0.462 e. The van der Waals surface area contributed by atoms with Gasteiger partial charge in [0.05, 0.1) is 12.5 Å². The summed E-state index contributed by atoms with van der Waals surface area (Å²) in [6.45, 7) is 3.96. The lowest BCUT2D eigenvalue weighted by molar-refractivity contribution is -0.163. The molecule has 3 nitrogen and oxygen atoms in total. The molecule has 0 bridgehead atoms. The van der Waals surface area contributed by atoms with Crippen LogP contribution >= 0.6 is 0 Å². The van der Waals surface area contributed by atoms with Crippen LogP contribution in [0.4, 0.5) is 0 Å². The van der Waals surface area contributed by atoms with Crippen molar-refractivity contribution in [3.63, 3.8) is 0 Å². The van der Waals surface area contributed by atoms with Crippen molar-refractivity contribution in [2.45, 2.75) is 38.9 Å². The number of ether oxygens (including phenoxy) is 1. The van der Waals surface area contributed by atoms with Crippen molar-refractivity contribution < 1.29 is 14.6 Å². The van der Waals surface area contributed by atoms with Gasteiger partial charge in [-0.2, -0.15) is 0 Å². The first kappa shape index (κ1) is 8.53. The van der Waals surface area contributed by atoms with Gasteiger partial charge in [0.25, 0.3) is 0 Å². The second-order valence-electron chi connectivity index (χ2n) is 3.37. The predicted octanol–water partition coefficient (Wildman–Crippen LogP) is 0.709. The van der Waals surface area contributed by atoms with E-state index >= 15 is 0 Å². The van der Waals surface area contributed by atoms with Crippen LogP contribution < -0.4 is 0 Å². The molecule has 1 N–H and O–H groups in total. The first-order valence-corrected chi connectivity index (χ1v) is 3.97. The van der Waals surface area contributed by atoms with Crippen LogP contribution in [-0.4, -0.2) is 23.3 Å². The molecule has 3 heteroatoms. The molecule has 0 aromatic heterocycles. The summed E-state index contributed by atoms with van der Waals surface area (Å²) in [4.78, 5) is 10.8. The van der Waals surface area contributed by atoms with Gasteiger partial charge in [-0.15, -0.1) is 0 Å². The molecule has 0 saturated carbocycles. The smallest absolute Gasteiger partial charge is 0.308 e. The second-order valence-corrected chi connectivity index (χ2v) is 3.37. The molecule has 0 spiro atoms. The van der Waals surface area contributed by atoms with Gasteiger partial charge < -0.3 is 9.84 Å². The number of aliphatic hydroxyl groups excluding tert-OH is 1. The molecule has 1 aliphatic heterocycles. The number of esters is 1. The topological polar surface area (TPSA) is 46.5 Å². The highest BCUT2D eigenvalue weighted by atomic mass is 16.5. The minimum absolute atomic E-state index is 0.0914. The molecule has 1 saturated heterocycles. The van der Waals surface area contributed by atoms with Crippen LogP contribution in [0.15, 0.2) is 0 Å². The maximum Gasteiger partial charge on any atom is 0.308 e. The Kier molecular flexibility index (Phi) is 2.49. The summed E-state index contributed by atoms with van der Waals surface area (Å²) in [7, 11) is 0. The van der Waals surface area contributed by atoms with Crippen molar-refractivity contribution in [1.29, 1.82) is 0 Å². The average Bonchev–Trinajstić information content (AvgIpc) is 1.85. The monoisotopic (exact) mass is 158 g/mol. The highest BCUT2D eigenvalue weighted by Gasteiger charge is 2.28. The van der Waals surface area contributed by atoms with E-state index in [9.17, 15) is 9.90 Å². The Balaban J connectivity index is 2.49. The molecule has 1 fully saturated rings. The van der Waals surface area contributed by atoms with Crippen LogP contribution in [0.2, 0.25) is 0 Å². The van der Waals surface area contributed by atoms with E-state index in [0.29, 0.717) is 12.3 Å². The van der Waals surface area contributed by atoms with Crippen LogP contribution in [0.25, 0.3) is 0 Å². The van der Waals surface area contributed by atoms with Gasteiger partial charge in [-0.3, -0.25) is 4.79 Å². The first-order valence-electron chi connectivity index (χ1n) is 3.97. The summed E-state index contributed by atoms with van der Waals surface area (Å²) in [5.74, 6) is 0.0244. The summed E-state index contributed by atoms with van der Waals surface area (Å²) in [5.41, 5.74) is 0. The molecule has 1 rings (SSSR count). The Morgan fingerprint density at radius 3 is 2.73 bits per heavy atom. The van der Waals surface area contributed by atoms with Gasteiger partial charge in [-0.05, 0) is 5.92 Å². The van der Waals surface area contributed by atoms with E-state index in [-0.39, 0.29) is 18.5 Å². The molecule has 64 valence electrons. The van der Waals surface area contributed by atoms with Crippen molar-refractivity contribution in [2.75, 3.05) is 0 Å². The molecule has 0 aromatic carbocycles. The lowest BCUT2D eigenvalue weighted by Crippen LogP contribution is -2.35. The summed E-state index contributed by atoms with van der Waals surface area (Å²) >= 11 is 0. The van der Waals surface area contributed by atoms with Gasteiger partial charge in [-0.1, -0.05) is 13.8 Å². The molecular formula is C8H14O3. The number of rotatable bonds is 1. The Labute approximate surface area is 66.4 Å². The Morgan fingerprint density at radius 2 is 2.27 bits per heavy atom. The molecule has 0 aliphatic carbocycles. The minimum atomic E-state index is -0.497. The largest absolute Gasteiger partial charge is 0.462 e. The quantitative estimate of drug-likeness (QED) is 0.572. The van der Waals surface area contributed by atoms with Gasteiger partial charge in [0, 0.05) is 6.42 Å². The molecule has 0 radical (unpaired) electrons. The SMILES string of the molecule is CC(C)C1C[C@@H](O)CC(=O)O1. The van der Waals surface area contributed by atoms with Gasteiger partial charge in [-0.25, -0.2) is 0 Å². The van der Waals surface area contributed by atoms with Gasteiger partial charge in [0.1, 0.15) is 6.10 Å². The van der Waals surface area contributed by atoms with E-state index in [0.717, 1.165) is 0 Å². The van der Waals surface area contributed by atoms with E-state index in [2.05, 4.69) is 0 Å². The Hall–Kier alpha value is -0.570. The fourth-order valence-corrected chi connectivity index (χ4v) is 1.22. The molecular weight excluding hydrogens is 144 g/mol. The number of cyclic esters (lactones) is 1. The van der Waals surface area contributed by atoms with Crippen LogP contribution in [0.1, 0.15) is 26.7 Å². The standard InChI is InChI=1S/C8H14O3/c1-5(2)7-3-6(9)4-8(10)11-7/h5-7,9H,3-4H2,1-2H3/t6-,7?/m1/s1. The molecule has 0 aromatic rings. The molecule has 1 unspecified atom stereocenters. The summed E-state index contributed by atoms with van der Waals surface area (Å²) < 4.78 is 5.02. The highest BCUT2D eigenvalue weighted by Crippen LogP contribution is 2.20. The van der Waals surface area contributed by atoms with E-state index in [1.165, 1.54) is 0 Å². The number of hydrogen-bond acceptors (Lipinski definition) is 3. The fraction of sp³-hybridized carbons (Fsp3) is 0.875. The highest BCUT2D eigenvalue weighted by molar-refractivity contribution is 5.70. The summed E-state index contributed by atoms with van der Waals surface area (Å²) in [6.07, 6.45) is 0.155. The van der Waals surface area contributed by atoms with Crippen LogP contribution in [-0.2, 0) is 9.53 Å². The Bertz CT molecular complexity index is 153. The average molecular weight is 158 g/mol. The number of carbonyl (C=O) groups is 1. The van der Waals surface area contributed by atoms with Crippen molar-refractivity contribution in [3.8, 4) is 0 Å². The number of hydrogen-bond donors (Lipinski definition) is 1. The predicted molar refractivity (Wildman–Crippen MR) is 40.0 cm³/mol. The maximum absolute atomic E-state index is 10.8. The van der Waals surface area contributed by atoms with Crippen molar-refractivity contribution in [3.05, 3.63) is 0 Å². The van der Waals surface area contributed by atoms with Crippen LogP contribution in [0.3, 0.4) is 0 Å². The third-order valence-electron chi connectivity index (χ3n) is 1.93. The third-order valence-corrected chi connectivity index (χ3v) is 1.93. The zero-order valence-electron chi connectivity index (χ0n) is 6.91. The molecule has 1 aliphatic rings. The van der Waals surface area contributed by atoms with Crippen molar-refractivity contribution >= 4 is 5.97 Å². The van der Waals surface area contributed by atoms with Gasteiger partial charge in [0.2, 0.25) is 0 Å². The fourth-order valence-electron chi connectivity index (χ4n) is 1.22.